The number of rotatable bonds is 6. The fraction of sp³-hybridized carbons (Fsp3) is 0.160. The predicted octanol–water partition coefficient (Wildman–Crippen LogP) is 5.39. The van der Waals surface area contributed by atoms with Crippen molar-refractivity contribution in [3.05, 3.63) is 95.2 Å². The Bertz CT molecular complexity index is 1230. The van der Waals surface area contributed by atoms with Gasteiger partial charge in [-0.3, -0.25) is 9.59 Å². The minimum absolute atomic E-state index is 0.169. The van der Waals surface area contributed by atoms with Crippen molar-refractivity contribution in [1.82, 2.24) is 9.69 Å². The minimum Gasteiger partial charge on any atom is -0.351 e. The molecule has 6 heteroatoms. The van der Waals surface area contributed by atoms with Gasteiger partial charge in [0, 0.05) is 23.2 Å². The van der Waals surface area contributed by atoms with Crippen molar-refractivity contribution in [3.63, 3.8) is 0 Å². The maximum atomic E-state index is 12.8. The lowest BCUT2D eigenvalue weighted by Gasteiger charge is -2.14. The molecule has 1 atom stereocenters. The smallest absolute Gasteiger partial charge is 0.276 e. The fourth-order valence-electron chi connectivity index (χ4n) is 3.38. The Morgan fingerprint density at radius 1 is 0.968 bits per heavy atom. The van der Waals surface area contributed by atoms with Gasteiger partial charge in [-0.25, -0.2) is 0 Å². The number of aryl methyl sites for hydroxylation is 1. The maximum absolute atomic E-state index is 12.8. The lowest BCUT2D eigenvalue weighted by atomic mass is 10.0. The van der Waals surface area contributed by atoms with Crippen molar-refractivity contribution >= 4 is 39.1 Å². The molecule has 0 aliphatic rings. The third-order valence-electron chi connectivity index (χ3n) is 5.28. The molecule has 156 valence electrons. The van der Waals surface area contributed by atoms with Crippen LogP contribution in [0, 0.1) is 6.92 Å². The number of nitrogens with one attached hydrogen (secondary N) is 2. The second-order valence-corrected chi connectivity index (χ2v) is 8.34. The minimum atomic E-state index is -0.282. The third-order valence-corrected chi connectivity index (χ3v) is 6.10. The van der Waals surface area contributed by atoms with Crippen LogP contribution in [0.25, 0.3) is 10.1 Å². The first-order chi connectivity index (χ1) is 15.0. The zero-order chi connectivity index (χ0) is 21.8. The molecule has 0 aliphatic heterocycles. The lowest BCUT2D eigenvalue weighted by Crippen LogP contribution is -2.27. The molecule has 5 nitrogen and oxygen atoms in total. The van der Waals surface area contributed by atoms with Crippen molar-refractivity contribution in [2.75, 3.05) is 11.9 Å². The SMILES string of the molecule is Cc1ccc(C(=O)NCC(C)c2ccccc2)cc1NC(=O)c1nsc2ccccc12. The molecule has 4 rings (SSSR count). The van der Waals surface area contributed by atoms with Gasteiger partial charge in [-0.1, -0.05) is 61.5 Å². The summed E-state index contributed by atoms with van der Waals surface area (Å²) in [5.41, 5.74) is 3.55. The largest absolute Gasteiger partial charge is 0.351 e. The monoisotopic (exact) mass is 429 g/mol. The van der Waals surface area contributed by atoms with Crippen LogP contribution in [0.4, 0.5) is 5.69 Å². The number of anilines is 1. The normalized spacial score (nSPS) is 11.8. The average Bonchev–Trinajstić information content (AvgIpc) is 3.23. The molecule has 1 unspecified atom stereocenters. The first-order valence-electron chi connectivity index (χ1n) is 10.1. The molecule has 2 N–H and O–H groups in total. The van der Waals surface area contributed by atoms with E-state index >= 15 is 0 Å². The zero-order valence-electron chi connectivity index (χ0n) is 17.4. The van der Waals surface area contributed by atoms with E-state index in [9.17, 15) is 9.59 Å². The van der Waals surface area contributed by atoms with E-state index in [0.717, 1.165) is 15.6 Å². The van der Waals surface area contributed by atoms with Crippen molar-refractivity contribution < 1.29 is 9.59 Å². The summed E-state index contributed by atoms with van der Waals surface area (Å²) in [5.74, 6) is -0.249. The van der Waals surface area contributed by atoms with Crippen LogP contribution in [0.15, 0.2) is 72.8 Å². The Morgan fingerprint density at radius 2 is 1.71 bits per heavy atom. The second-order valence-electron chi connectivity index (χ2n) is 7.53. The number of fused-ring (bicyclic) bond motifs is 1. The number of amides is 2. The second kappa shape index (κ2) is 9.10. The molecule has 31 heavy (non-hydrogen) atoms. The van der Waals surface area contributed by atoms with E-state index in [1.807, 2.05) is 55.5 Å². The van der Waals surface area contributed by atoms with E-state index < -0.39 is 0 Å². The van der Waals surface area contributed by atoms with Crippen LogP contribution in [0.2, 0.25) is 0 Å². The number of benzene rings is 3. The Hall–Kier alpha value is -3.51. The van der Waals surface area contributed by atoms with Gasteiger partial charge in [0.2, 0.25) is 0 Å². The van der Waals surface area contributed by atoms with E-state index in [1.54, 1.807) is 12.1 Å². The number of hydrogen-bond acceptors (Lipinski definition) is 4. The van der Waals surface area contributed by atoms with E-state index in [-0.39, 0.29) is 17.7 Å². The maximum Gasteiger partial charge on any atom is 0.276 e. The predicted molar refractivity (Wildman–Crippen MR) is 126 cm³/mol. The van der Waals surface area contributed by atoms with Crippen LogP contribution < -0.4 is 10.6 Å². The molecule has 4 aromatic rings. The van der Waals surface area contributed by atoms with Gasteiger partial charge >= 0.3 is 0 Å². The number of carbonyl (C=O) groups is 2. The zero-order valence-corrected chi connectivity index (χ0v) is 18.2. The first kappa shape index (κ1) is 20.8. The van der Waals surface area contributed by atoms with Gasteiger partial charge in [0.25, 0.3) is 11.8 Å². The highest BCUT2D eigenvalue weighted by Crippen LogP contribution is 2.24. The first-order valence-corrected chi connectivity index (χ1v) is 10.9. The number of carbonyl (C=O) groups excluding carboxylic acids is 2. The standard InChI is InChI=1S/C25H23N3O2S/c1-16-12-13-19(24(29)26-15-17(2)18-8-4-3-5-9-18)14-21(16)27-25(30)23-20-10-6-7-11-22(20)31-28-23/h3-14,17H,15H2,1-2H3,(H,26,29)(H,27,30). The van der Waals surface area contributed by atoms with E-state index in [4.69, 9.17) is 0 Å². The van der Waals surface area contributed by atoms with Crippen molar-refractivity contribution in [1.29, 1.82) is 0 Å². The van der Waals surface area contributed by atoms with Gasteiger partial charge in [0.15, 0.2) is 0 Å². The summed E-state index contributed by atoms with van der Waals surface area (Å²) in [4.78, 5) is 25.5. The van der Waals surface area contributed by atoms with Crippen LogP contribution in [0.1, 0.15) is 44.8 Å². The molecule has 0 radical (unpaired) electrons. The van der Waals surface area contributed by atoms with E-state index in [2.05, 4.69) is 34.1 Å². The molecule has 0 saturated carbocycles. The summed E-state index contributed by atoms with van der Waals surface area (Å²) in [7, 11) is 0. The summed E-state index contributed by atoms with van der Waals surface area (Å²) in [6.45, 7) is 4.51. The van der Waals surface area contributed by atoms with Crippen LogP contribution >= 0.6 is 11.5 Å². The van der Waals surface area contributed by atoms with Gasteiger partial charge in [-0.05, 0) is 53.7 Å². The van der Waals surface area contributed by atoms with E-state index in [1.165, 1.54) is 17.1 Å². The lowest BCUT2D eigenvalue weighted by molar-refractivity contribution is 0.0950. The van der Waals surface area contributed by atoms with Gasteiger partial charge in [-0.15, -0.1) is 0 Å². The summed E-state index contributed by atoms with van der Waals surface area (Å²) in [6.07, 6.45) is 0. The van der Waals surface area contributed by atoms with Crippen LogP contribution in [-0.4, -0.2) is 22.7 Å². The van der Waals surface area contributed by atoms with Gasteiger partial charge in [-0.2, -0.15) is 4.37 Å². The highest BCUT2D eigenvalue weighted by atomic mass is 32.1. The molecule has 0 fully saturated rings. The molecule has 3 aromatic carbocycles. The van der Waals surface area contributed by atoms with E-state index in [0.29, 0.717) is 23.5 Å². The molecule has 0 aliphatic carbocycles. The third kappa shape index (κ3) is 4.64. The Labute approximate surface area is 185 Å². The van der Waals surface area contributed by atoms with Crippen LogP contribution in [-0.2, 0) is 0 Å². The van der Waals surface area contributed by atoms with Crippen LogP contribution in [0.5, 0.6) is 0 Å². The topological polar surface area (TPSA) is 71.1 Å². The number of nitrogens with zero attached hydrogens (tertiary/aromatic N) is 1. The Morgan fingerprint density at radius 3 is 2.52 bits per heavy atom. The summed E-state index contributed by atoms with van der Waals surface area (Å²) in [5, 5.41) is 6.73. The average molecular weight is 430 g/mol. The number of hydrogen-bond donors (Lipinski definition) is 2. The van der Waals surface area contributed by atoms with Crippen molar-refractivity contribution in [2.45, 2.75) is 19.8 Å². The van der Waals surface area contributed by atoms with Gasteiger partial charge in [0.05, 0.1) is 4.70 Å². The summed E-state index contributed by atoms with van der Waals surface area (Å²) >= 11 is 1.30. The highest BCUT2D eigenvalue weighted by Gasteiger charge is 2.16. The van der Waals surface area contributed by atoms with Crippen molar-refractivity contribution in [2.24, 2.45) is 0 Å². The molecule has 1 aromatic heterocycles. The van der Waals surface area contributed by atoms with Crippen LogP contribution in [0.3, 0.4) is 0 Å². The summed E-state index contributed by atoms with van der Waals surface area (Å²) in [6, 6.07) is 23.0. The molecule has 2 amide bonds. The summed E-state index contributed by atoms with van der Waals surface area (Å²) < 4.78 is 5.27. The molecule has 0 spiro atoms. The molecular weight excluding hydrogens is 406 g/mol. The quantitative estimate of drug-likeness (QED) is 0.432. The van der Waals surface area contributed by atoms with Gasteiger partial charge < -0.3 is 10.6 Å². The highest BCUT2D eigenvalue weighted by molar-refractivity contribution is 7.13. The Kier molecular flexibility index (Phi) is 6.09. The Balaban J connectivity index is 1.46. The van der Waals surface area contributed by atoms with Crippen molar-refractivity contribution in [3.8, 4) is 0 Å². The van der Waals surface area contributed by atoms with Gasteiger partial charge in [0.1, 0.15) is 5.69 Å². The number of aromatic nitrogens is 1. The molecule has 1 heterocycles. The molecule has 0 bridgehead atoms. The molecular formula is C25H23N3O2S. The fourth-order valence-corrected chi connectivity index (χ4v) is 4.15. The molecule has 0 saturated heterocycles.